The van der Waals surface area contributed by atoms with Gasteiger partial charge in [-0.05, 0) is 44.2 Å². The predicted octanol–water partition coefficient (Wildman–Crippen LogP) is 2.22. The largest absolute Gasteiger partial charge is 0.433 e. The summed E-state index contributed by atoms with van der Waals surface area (Å²) in [4.78, 5) is 21.8. The maximum atomic E-state index is 14.0. The summed E-state index contributed by atoms with van der Waals surface area (Å²) in [6, 6.07) is 4.34. The minimum Gasteiger partial charge on any atom is -0.379 e. The summed E-state index contributed by atoms with van der Waals surface area (Å²) in [5.74, 6) is 0.479. The van der Waals surface area contributed by atoms with E-state index in [1.807, 2.05) is 9.80 Å². The van der Waals surface area contributed by atoms with Gasteiger partial charge in [0.2, 0.25) is 5.91 Å². The number of alkyl halides is 3. The molecule has 1 aliphatic carbocycles. The van der Waals surface area contributed by atoms with E-state index in [0.717, 1.165) is 31.7 Å². The van der Waals surface area contributed by atoms with E-state index >= 15 is 0 Å². The summed E-state index contributed by atoms with van der Waals surface area (Å²) in [5, 5.41) is 3.73. The average molecular weight is 511 g/mol. The second-order valence-corrected chi connectivity index (χ2v) is 10.8. The van der Waals surface area contributed by atoms with Crippen LogP contribution in [-0.4, -0.2) is 92.2 Å². The Balaban J connectivity index is 1.13. The first kappa shape index (κ1) is 24.4. The number of amides is 1. The van der Waals surface area contributed by atoms with E-state index in [-0.39, 0.29) is 42.3 Å². The van der Waals surface area contributed by atoms with Crippen molar-refractivity contribution in [1.82, 2.24) is 15.2 Å². The second kappa shape index (κ2) is 9.11. The molecule has 4 saturated heterocycles. The van der Waals surface area contributed by atoms with E-state index in [4.69, 9.17) is 14.2 Å². The molecular weight excluding hydrogens is 477 g/mol. The summed E-state index contributed by atoms with van der Waals surface area (Å²) in [7, 11) is 1.70. The molecule has 1 N–H and O–H groups in total. The molecule has 36 heavy (non-hydrogen) atoms. The topological polar surface area (TPSA) is 76.2 Å². The van der Waals surface area contributed by atoms with Gasteiger partial charge in [-0.25, -0.2) is 4.98 Å². The molecule has 5 aliphatic rings. The molecule has 4 aliphatic heterocycles. The minimum absolute atomic E-state index is 0.00322. The lowest BCUT2D eigenvalue weighted by atomic mass is 9.80. The predicted molar refractivity (Wildman–Crippen MR) is 123 cm³/mol. The lowest BCUT2D eigenvalue weighted by Crippen LogP contribution is -2.55. The number of anilines is 1. The molecule has 0 unspecified atom stereocenters. The molecule has 1 aromatic heterocycles. The third-order valence-corrected chi connectivity index (χ3v) is 8.90. The number of hydrogen-bond donors (Lipinski definition) is 1. The highest BCUT2D eigenvalue weighted by Gasteiger charge is 2.60. The second-order valence-electron chi connectivity index (χ2n) is 10.8. The Morgan fingerprint density at radius 1 is 1.22 bits per heavy atom. The fraction of sp³-hybridized carbons (Fsp3) is 0.760. The van der Waals surface area contributed by atoms with Crippen molar-refractivity contribution >= 4 is 11.7 Å². The monoisotopic (exact) mass is 510 g/mol. The number of ether oxygens (including phenoxy) is 3. The van der Waals surface area contributed by atoms with Gasteiger partial charge in [-0.1, -0.05) is 6.07 Å². The Labute approximate surface area is 208 Å². The van der Waals surface area contributed by atoms with Crippen LogP contribution < -0.4 is 10.2 Å². The van der Waals surface area contributed by atoms with Gasteiger partial charge in [0, 0.05) is 45.5 Å². The molecule has 5 fully saturated rings. The Morgan fingerprint density at radius 3 is 2.83 bits per heavy atom. The zero-order chi connectivity index (χ0) is 25.1. The molecule has 7 atom stereocenters. The number of methoxy groups -OCH3 is 1. The van der Waals surface area contributed by atoms with E-state index in [1.54, 1.807) is 13.2 Å². The number of carbonyl (C=O) groups excluding carboxylic acids is 1. The van der Waals surface area contributed by atoms with Crippen LogP contribution >= 0.6 is 0 Å². The molecule has 6 rings (SSSR count). The van der Waals surface area contributed by atoms with Crippen LogP contribution in [0.3, 0.4) is 0 Å². The normalized spacial score (nSPS) is 38.1. The summed E-state index contributed by atoms with van der Waals surface area (Å²) in [6.45, 7) is 2.87. The molecule has 1 aromatic rings. The number of pyridine rings is 1. The first-order chi connectivity index (χ1) is 17.3. The molecular formula is C25H33F3N4O4. The number of halogens is 3. The van der Waals surface area contributed by atoms with Gasteiger partial charge in [-0.3, -0.25) is 4.79 Å². The smallest absolute Gasteiger partial charge is 0.379 e. The van der Waals surface area contributed by atoms with E-state index in [1.165, 1.54) is 6.07 Å². The highest BCUT2D eigenvalue weighted by Crippen LogP contribution is 2.50. The highest BCUT2D eigenvalue weighted by molar-refractivity contribution is 5.85. The number of likely N-dealkylation sites (tertiary alicyclic amines) is 1. The van der Waals surface area contributed by atoms with Crippen LogP contribution in [0, 0.1) is 5.41 Å². The summed E-state index contributed by atoms with van der Waals surface area (Å²) in [5.41, 5.74) is -1.42. The van der Waals surface area contributed by atoms with Crippen LogP contribution in [0.2, 0.25) is 0 Å². The van der Waals surface area contributed by atoms with Crippen LogP contribution in [0.5, 0.6) is 0 Å². The number of rotatable bonds is 5. The number of hydrogen-bond acceptors (Lipinski definition) is 7. The molecule has 0 aromatic carbocycles. The van der Waals surface area contributed by atoms with Crippen LogP contribution in [0.1, 0.15) is 37.8 Å². The van der Waals surface area contributed by atoms with Gasteiger partial charge < -0.3 is 29.3 Å². The molecule has 11 heteroatoms. The Hall–Kier alpha value is -1.95. The van der Waals surface area contributed by atoms with Crippen molar-refractivity contribution in [1.29, 1.82) is 0 Å². The third-order valence-electron chi connectivity index (χ3n) is 8.90. The van der Waals surface area contributed by atoms with Crippen molar-refractivity contribution < 1.29 is 32.2 Å². The number of aromatic nitrogens is 1. The van der Waals surface area contributed by atoms with E-state index in [2.05, 4.69) is 10.3 Å². The van der Waals surface area contributed by atoms with Crippen molar-refractivity contribution in [3.63, 3.8) is 0 Å². The molecule has 1 saturated carbocycles. The van der Waals surface area contributed by atoms with Gasteiger partial charge >= 0.3 is 6.18 Å². The van der Waals surface area contributed by atoms with E-state index in [0.29, 0.717) is 45.1 Å². The van der Waals surface area contributed by atoms with Gasteiger partial charge in [-0.2, -0.15) is 13.2 Å². The first-order valence-corrected chi connectivity index (χ1v) is 12.9. The molecule has 8 nitrogen and oxygen atoms in total. The molecule has 0 radical (unpaired) electrons. The van der Waals surface area contributed by atoms with Gasteiger partial charge in [0.25, 0.3) is 0 Å². The van der Waals surface area contributed by atoms with Crippen LogP contribution in [0.4, 0.5) is 19.0 Å². The third kappa shape index (κ3) is 4.08. The highest BCUT2D eigenvalue weighted by atomic mass is 19.4. The van der Waals surface area contributed by atoms with Crippen LogP contribution in [0.15, 0.2) is 18.2 Å². The molecule has 1 amide bonds. The molecule has 5 heterocycles. The Morgan fingerprint density at radius 2 is 2.08 bits per heavy atom. The maximum absolute atomic E-state index is 14.0. The van der Waals surface area contributed by atoms with E-state index < -0.39 is 17.3 Å². The van der Waals surface area contributed by atoms with Gasteiger partial charge in [-0.15, -0.1) is 0 Å². The molecule has 2 bridgehead atoms. The van der Waals surface area contributed by atoms with Crippen molar-refractivity contribution in [2.75, 3.05) is 44.9 Å². The van der Waals surface area contributed by atoms with Crippen molar-refractivity contribution in [2.45, 2.75) is 74.7 Å². The SMILES string of the molecule is CO[C@@H]1COCC[C@@H]1N[C@@H]1C[C@H]2OCC[C@@]2(C(=O)N2C[C@@H]3C[C@H]2CN3c2cccc(C(F)(F)F)n2)C1. The zero-order valence-corrected chi connectivity index (χ0v) is 20.4. The number of nitrogens with zero attached hydrogens (tertiary/aromatic N) is 3. The van der Waals surface area contributed by atoms with Gasteiger partial charge in [0.1, 0.15) is 11.5 Å². The number of nitrogens with one attached hydrogen (secondary N) is 1. The summed E-state index contributed by atoms with van der Waals surface area (Å²) >= 11 is 0. The average Bonchev–Trinajstić information content (AvgIpc) is 3.63. The van der Waals surface area contributed by atoms with E-state index in [9.17, 15) is 18.0 Å². The lowest BCUT2D eigenvalue weighted by molar-refractivity contribution is -0.145. The molecule has 198 valence electrons. The Kier molecular flexibility index (Phi) is 6.17. The van der Waals surface area contributed by atoms with Crippen LogP contribution in [-0.2, 0) is 25.2 Å². The quantitative estimate of drug-likeness (QED) is 0.651. The number of carbonyl (C=O) groups is 1. The van der Waals surface area contributed by atoms with Gasteiger partial charge in [0.05, 0.1) is 36.3 Å². The summed E-state index contributed by atoms with van der Waals surface area (Å²) in [6.07, 6.45) is -0.725. The van der Waals surface area contributed by atoms with Crippen molar-refractivity contribution in [3.8, 4) is 0 Å². The van der Waals surface area contributed by atoms with Gasteiger partial charge in [0.15, 0.2) is 0 Å². The summed E-state index contributed by atoms with van der Waals surface area (Å²) < 4.78 is 56.7. The van der Waals surface area contributed by atoms with Crippen molar-refractivity contribution in [2.24, 2.45) is 5.41 Å². The Bertz CT molecular complexity index is 996. The fourth-order valence-corrected chi connectivity index (χ4v) is 7.13. The zero-order valence-electron chi connectivity index (χ0n) is 20.4. The fourth-order valence-electron chi connectivity index (χ4n) is 7.13. The minimum atomic E-state index is -4.48. The number of fused-ring (bicyclic) bond motifs is 3. The maximum Gasteiger partial charge on any atom is 0.433 e. The lowest BCUT2D eigenvalue weighted by Gasteiger charge is -2.40. The first-order valence-electron chi connectivity index (χ1n) is 12.9. The van der Waals surface area contributed by atoms with Crippen LogP contribution in [0.25, 0.3) is 0 Å². The molecule has 0 spiro atoms. The van der Waals surface area contributed by atoms with Crippen molar-refractivity contribution in [3.05, 3.63) is 23.9 Å². The standard InChI is InChI=1S/C25H33F3N4O4/c1-34-19-14-35-7-5-18(19)29-15-9-21-24(11-15,6-8-36-21)23(33)32-13-16-10-17(32)12-31(16)22-4-2-3-20(30-22)25(26,27)28/h2-4,15-19,21,29H,5-14H2,1H3/t15-,16+,17+,18+,19-,21-,24-/m1/s1. The number of piperazine rings is 1.